The highest BCUT2D eigenvalue weighted by atomic mass is 16.1. The predicted molar refractivity (Wildman–Crippen MR) is 144 cm³/mol. The van der Waals surface area contributed by atoms with Crippen molar-refractivity contribution in [2.45, 2.75) is 0 Å². The summed E-state index contributed by atoms with van der Waals surface area (Å²) in [6, 6.07) is 28.6. The fraction of sp³-hybridized carbons (Fsp3) is 0. The minimum absolute atomic E-state index is 0.0928. The smallest absolute Gasteiger partial charge is 0.187 e. The lowest BCUT2D eigenvalue weighted by Crippen LogP contribution is -2.10. The van der Waals surface area contributed by atoms with Crippen LogP contribution in [-0.2, 0) is 0 Å². The Morgan fingerprint density at radius 3 is 1.53 bits per heavy atom. The molecule has 0 aromatic heterocycles. The van der Waals surface area contributed by atoms with E-state index in [9.17, 15) is 9.59 Å². The average molecular weight is 430 g/mol. The Kier molecular flexibility index (Phi) is 2.66. The van der Waals surface area contributed by atoms with Gasteiger partial charge in [0.25, 0.3) is 0 Å². The summed E-state index contributed by atoms with van der Waals surface area (Å²) in [6.45, 7) is 0. The van der Waals surface area contributed by atoms with Crippen LogP contribution in [0.25, 0.3) is 86.2 Å². The Hall–Kier alpha value is -4.56. The maximum absolute atomic E-state index is 13.3. The molecule has 0 radical (unpaired) electrons. The van der Waals surface area contributed by atoms with Crippen LogP contribution < -0.4 is 10.9 Å². The van der Waals surface area contributed by atoms with Crippen LogP contribution in [0.4, 0.5) is 0 Å². The molecule has 154 valence electrons. The van der Waals surface area contributed by atoms with Gasteiger partial charge in [0.2, 0.25) is 0 Å². The van der Waals surface area contributed by atoms with Gasteiger partial charge in [0, 0.05) is 16.2 Å². The third-order valence-electron chi connectivity index (χ3n) is 7.98. The van der Waals surface area contributed by atoms with Gasteiger partial charge in [-0.1, -0.05) is 54.6 Å². The van der Waals surface area contributed by atoms with Crippen LogP contribution >= 0.6 is 0 Å². The van der Waals surface area contributed by atoms with Crippen molar-refractivity contribution < 1.29 is 0 Å². The normalized spacial score (nSPS) is 12.9. The number of hydrogen-bond acceptors (Lipinski definition) is 2. The van der Waals surface area contributed by atoms with E-state index in [-0.39, 0.29) is 10.9 Å². The largest absolute Gasteiger partial charge is 0.289 e. The van der Waals surface area contributed by atoms with Crippen molar-refractivity contribution >= 4 is 86.2 Å². The molecule has 2 nitrogen and oxygen atoms in total. The highest BCUT2D eigenvalue weighted by Gasteiger charge is 2.24. The zero-order chi connectivity index (χ0) is 22.3. The summed E-state index contributed by atoms with van der Waals surface area (Å²) in [7, 11) is 0. The van der Waals surface area contributed by atoms with E-state index in [0.717, 1.165) is 32.3 Å². The molecular formula is C32H14O2. The first-order chi connectivity index (χ1) is 16.7. The van der Waals surface area contributed by atoms with E-state index in [4.69, 9.17) is 0 Å². The molecule has 34 heavy (non-hydrogen) atoms. The lowest BCUT2D eigenvalue weighted by Gasteiger charge is -2.23. The fourth-order valence-corrected chi connectivity index (χ4v) is 6.78. The molecule has 0 atom stereocenters. The van der Waals surface area contributed by atoms with Crippen LogP contribution in [0.5, 0.6) is 0 Å². The predicted octanol–water partition coefficient (Wildman–Crippen LogP) is 7.38. The minimum atomic E-state index is -0.103. The first-order valence-electron chi connectivity index (χ1n) is 11.5. The van der Waals surface area contributed by atoms with Crippen molar-refractivity contribution in [2.24, 2.45) is 0 Å². The SMILES string of the molecule is O=c1ccc(=O)c2c1cc1cc3cccc4c5cccc6cc7cccc8c7c(c65)c(c34)c1c82. The molecule has 2 heteroatoms. The molecule has 0 N–H and O–H groups in total. The van der Waals surface area contributed by atoms with E-state index in [1.165, 1.54) is 55.2 Å². The minimum Gasteiger partial charge on any atom is -0.289 e. The highest BCUT2D eigenvalue weighted by molar-refractivity contribution is 6.50. The van der Waals surface area contributed by atoms with Crippen molar-refractivity contribution in [3.63, 3.8) is 0 Å². The topological polar surface area (TPSA) is 34.1 Å². The van der Waals surface area contributed by atoms with Gasteiger partial charge in [-0.25, -0.2) is 0 Å². The molecule has 0 fully saturated rings. The number of hydrogen-bond donors (Lipinski definition) is 0. The summed E-state index contributed by atoms with van der Waals surface area (Å²) in [4.78, 5) is 26.2. The molecule has 0 amide bonds. The van der Waals surface area contributed by atoms with E-state index in [0.29, 0.717) is 10.8 Å². The van der Waals surface area contributed by atoms with Gasteiger partial charge in [0.15, 0.2) is 10.9 Å². The summed E-state index contributed by atoms with van der Waals surface area (Å²) in [5.41, 5.74) is -0.196. The molecule has 0 unspecified atom stereocenters. The van der Waals surface area contributed by atoms with E-state index in [2.05, 4.69) is 66.7 Å². The van der Waals surface area contributed by atoms with Gasteiger partial charge in [-0.2, -0.15) is 0 Å². The van der Waals surface area contributed by atoms with E-state index in [1.807, 2.05) is 6.07 Å². The monoisotopic (exact) mass is 430 g/mol. The van der Waals surface area contributed by atoms with Crippen molar-refractivity contribution in [3.8, 4) is 0 Å². The van der Waals surface area contributed by atoms with Crippen LogP contribution in [0.3, 0.4) is 0 Å². The van der Waals surface area contributed by atoms with Crippen LogP contribution in [0, 0.1) is 0 Å². The number of fused-ring (bicyclic) bond motifs is 4. The zero-order valence-electron chi connectivity index (χ0n) is 17.9. The zero-order valence-corrected chi connectivity index (χ0v) is 17.9. The lowest BCUT2D eigenvalue weighted by molar-refractivity contribution is 1.62. The molecule has 0 heterocycles. The summed E-state index contributed by atoms with van der Waals surface area (Å²) in [5, 5.41) is 17.4. The van der Waals surface area contributed by atoms with Crippen molar-refractivity contribution in [1.29, 1.82) is 0 Å². The van der Waals surface area contributed by atoms with Gasteiger partial charge in [-0.15, -0.1) is 0 Å². The molecule has 0 bridgehead atoms. The standard InChI is InChI=1S/C32H14O2/c33-23-10-11-24(34)29-22(23)14-18-13-17-5-2-8-20-19-7-1-4-15-12-16-6-3-9-21-27(16)31(25(15)19)32(26(17)20)28(18)30(21)29/h1-14H. The molecule has 0 spiro atoms. The average Bonchev–Trinajstić information content (AvgIpc) is 2.86. The Bertz CT molecular complexity index is 2420. The Morgan fingerprint density at radius 2 is 0.853 bits per heavy atom. The second-order valence-electron chi connectivity index (χ2n) is 9.55. The highest BCUT2D eigenvalue weighted by Crippen LogP contribution is 2.51. The number of rotatable bonds is 0. The second-order valence-corrected chi connectivity index (χ2v) is 9.55. The molecule has 0 saturated heterocycles. The molecule has 9 aromatic rings. The molecule has 0 aliphatic carbocycles. The molecule has 9 aromatic carbocycles. The van der Waals surface area contributed by atoms with E-state index in [1.54, 1.807) is 0 Å². The summed E-state index contributed by atoms with van der Waals surface area (Å²) in [5.74, 6) is 0. The van der Waals surface area contributed by atoms with Gasteiger partial charge in [0.05, 0.1) is 0 Å². The molecular weight excluding hydrogens is 416 g/mol. The van der Waals surface area contributed by atoms with Crippen molar-refractivity contribution in [1.82, 2.24) is 0 Å². The van der Waals surface area contributed by atoms with Crippen LogP contribution in [-0.4, -0.2) is 0 Å². The maximum Gasteiger partial charge on any atom is 0.187 e. The van der Waals surface area contributed by atoms with Gasteiger partial charge >= 0.3 is 0 Å². The number of benzene rings is 9. The third-order valence-corrected chi connectivity index (χ3v) is 7.98. The van der Waals surface area contributed by atoms with E-state index >= 15 is 0 Å². The summed E-state index contributed by atoms with van der Waals surface area (Å²) >= 11 is 0. The van der Waals surface area contributed by atoms with Crippen LogP contribution in [0.15, 0.2) is 94.5 Å². The summed E-state index contributed by atoms with van der Waals surface area (Å²) < 4.78 is 0. The Morgan fingerprint density at radius 1 is 0.324 bits per heavy atom. The first kappa shape index (κ1) is 17.0. The molecule has 9 rings (SSSR count). The summed E-state index contributed by atoms with van der Waals surface area (Å²) in [6.07, 6.45) is 0. The first-order valence-corrected chi connectivity index (χ1v) is 11.5. The second kappa shape index (κ2) is 5.32. The molecule has 0 aliphatic rings. The van der Waals surface area contributed by atoms with Gasteiger partial charge in [0.1, 0.15) is 0 Å². The van der Waals surface area contributed by atoms with Crippen molar-refractivity contribution in [2.75, 3.05) is 0 Å². The van der Waals surface area contributed by atoms with Gasteiger partial charge in [-0.3, -0.25) is 9.59 Å². The van der Waals surface area contributed by atoms with Crippen LogP contribution in [0.1, 0.15) is 0 Å². The van der Waals surface area contributed by atoms with Gasteiger partial charge in [-0.05, 0) is 100 Å². The van der Waals surface area contributed by atoms with Crippen LogP contribution in [0.2, 0.25) is 0 Å². The quantitative estimate of drug-likeness (QED) is 0.186. The van der Waals surface area contributed by atoms with Gasteiger partial charge < -0.3 is 0 Å². The Labute approximate surface area is 191 Å². The molecule has 0 aliphatic heterocycles. The molecule has 0 saturated carbocycles. The van der Waals surface area contributed by atoms with Crippen molar-refractivity contribution in [3.05, 3.63) is 105 Å². The fourth-order valence-electron chi connectivity index (χ4n) is 6.78. The van der Waals surface area contributed by atoms with E-state index < -0.39 is 0 Å². The lowest BCUT2D eigenvalue weighted by atomic mass is 9.79. The Balaban J connectivity index is 1.86. The maximum atomic E-state index is 13.3. The third kappa shape index (κ3) is 1.69.